The summed E-state index contributed by atoms with van der Waals surface area (Å²) in [6, 6.07) is 14.9. The Morgan fingerprint density at radius 3 is 2.40 bits per heavy atom. The number of hydrogen-bond donors (Lipinski definition) is 2. The lowest BCUT2D eigenvalue weighted by atomic mass is 10.1. The summed E-state index contributed by atoms with van der Waals surface area (Å²) in [6.45, 7) is 1.94. The highest BCUT2D eigenvalue weighted by atomic mass is 32.2. The van der Waals surface area contributed by atoms with E-state index in [9.17, 15) is 17.6 Å². The Hall–Kier alpha value is -3.13. The molecule has 3 aromatic rings. The van der Waals surface area contributed by atoms with Crippen molar-refractivity contribution in [1.29, 1.82) is 0 Å². The summed E-state index contributed by atoms with van der Waals surface area (Å²) in [5, 5.41) is 2.95. The van der Waals surface area contributed by atoms with Crippen LogP contribution in [0.5, 0.6) is 0 Å². The van der Waals surface area contributed by atoms with Crippen LogP contribution < -0.4 is 10.0 Å². The van der Waals surface area contributed by atoms with Crippen LogP contribution in [0.15, 0.2) is 76.2 Å². The molecule has 0 saturated carbocycles. The van der Waals surface area contributed by atoms with Crippen molar-refractivity contribution < 1.29 is 22.0 Å². The molecule has 0 aliphatic heterocycles. The molecule has 1 unspecified atom stereocenters. The van der Waals surface area contributed by atoms with Gasteiger partial charge in [0.15, 0.2) is 0 Å². The fraction of sp³-hybridized carbons (Fsp3) is 0.227. The Kier molecular flexibility index (Phi) is 6.89. The van der Waals surface area contributed by atoms with Gasteiger partial charge in [-0.1, -0.05) is 12.1 Å². The number of halogens is 1. The van der Waals surface area contributed by atoms with Gasteiger partial charge < -0.3 is 9.73 Å². The molecule has 30 heavy (non-hydrogen) atoms. The first-order valence-corrected chi connectivity index (χ1v) is 11.0. The van der Waals surface area contributed by atoms with Crippen molar-refractivity contribution in [2.45, 2.75) is 37.1 Å². The van der Waals surface area contributed by atoms with E-state index in [-0.39, 0.29) is 23.3 Å². The molecule has 1 heterocycles. The maximum Gasteiger partial charge on any atom is 0.261 e. The number of carbonyl (C=O) groups is 1. The summed E-state index contributed by atoms with van der Waals surface area (Å²) < 4.78 is 45.4. The highest BCUT2D eigenvalue weighted by Gasteiger charge is 2.14. The third kappa shape index (κ3) is 6.18. The standard InChI is InChI=1S/C22H23FN2O4S/c1-16(4-11-20-3-2-14-29-20)24-22(26)15-17-5-9-19(10-6-17)25-30(27,28)21-12-7-18(23)8-13-21/h2-3,5-10,12-14,16,25H,4,11,15H2,1H3,(H,24,26). The second kappa shape index (κ2) is 9.58. The van der Waals surface area contributed by atoms with E-state index < -0.39 is 15.8 Å². The van der Waals surface area contributed by atoms with Crippen LogP contribution in [0, 0.1) is 5.82 Å². The first-order chi connectivity index (χ1) is 14.3. The Bertz CT molecular complexity index is 1060. The second-order valence-corrected chi connectivity index (χ2v) is 8.70. The van der Waals surface area contributed by atoms with E-state index in [1.165, 1.54) is 12.1 Å². The van der Waals surface area contributed by atoms with Crippen LogP contribution >= 0.6 is 0 Å². The van der Waals surface area contributed by atoms with Crippen LogP contribution in [0.1, 0.15) is 24.7 Å². The predicted molar refractivity (Wildman–Crippen MR) is 112 cm³/mol. The minimum atomic E-state index is -3.81. The topological polar surface area (TPSA) is 88.4 Å². The quantitative estimate of drug-likeness (QED) is 0.539. The minimum Gasteiger partial charge on any atom is -0.469 e. The number of rotatable bonds is 9. The molecule has 0 aliphatic carbocycles. The molecule has 1 atom stereocenters. The zero-order valence-electron chi connectivity index (χ0n) is 16.5. The number of furan rings is 1. The molecule has 2 aromatic carbocycles. The summed E-state index contributed by atoms with van der Waals surface area (Å²) in [7, 11) is -3.81. The van der Waals surface area contributed by atoms with E-state index in [2.05, 4.69) is 10.0 Å². The average molecular weight is 431 g/mol. The molecule has 1 aromatic heterocycles. The lowest BCUT2D eigenvalue weighted by molar-refractivity contribution is -0.121. The van der Waals surface area contributed by atoms with E-state index in [1.807, 2.05) is 19.1 Å². The van der Waals surface area contributed by atoms with E-state index in [1.54, 1.807) is 30.5 Å². The van der Waals surface area contributed by atoms with Gasteiger partial charge in [0, 0.05) is 18.2 Å². The molecule has 0 fully saturated rings. The maximum atomic E-state index is 13.0. The van der Waals surface area contributed by atoms with Crippen molar-refractivity contribution in [1.82, 2.24) is 5.32 Å². The highest BCUT2D eigenvalue weighted by Crippen LogP contribution is 2.17. The van der Waals surface area contributed by atoms with Crippen molar-refractivity contribution in [3.05, 3.63) is 84.1 Å². The molecular formula is C22H23FN2O4S. The molecule has 158 valence electrons. The Morgan fingerprint density at radius 2 is 1.77 bits per heavy atom. The maximum absolute atomic E-state index is 13.0. The molecule has 3 rings (SSSR count). The van der Waals surface area contributed by atoms with Gasteiger partial charge in [-0.2, -0.15) is 0 Å². The smallest absolute Gasteiger partial charge is 0.261 e. The van der Waals surface area contributed by atoms with Crippen LogP contribution in [0.4, 0.5) is 10.1 Å². The van der Waals surface area contributed by atoms with Gasteiger partial charge >= 0.3 is 0 Å². The summed E-state index contributed by atoms with van der Waals surface area (Å²) >= 11 is 0. The van der Waals surface area contributed by atoms with Crippen molar-refractivity contribution in [2.24, 2.45) is 0 Å². The fourth-order valence-corrected chi connectivity index (χ4v) is 3.97. The number of sulfonamides is 1. The van der Waals surface area contributed by atoms with E-state index in [4.69, 9.17) is 4.42 Å². The van der Waals surface area contributed by atoms with Crippen molar-refractivity contribution in [3.8, 4) is 0 Å². The third-order valence-corrected chi connectivity index (χ3v) is 5.90. The zero-order chi connectivity index (χ0) is 21.6. The predicted octanol–water partition coefficient (Wildman–Crippen LogP) is 3.90. The molecule has 1 amide bonds. The van der Waals surface area contributed by atoms with Crippen molar-refractivity contribution in [3.63, 3.8) is 0 Å². The van der Waals surface area contributed by atoms with Crippen molar-refractivity contribution in [2.75, 3.05) is 4.72 Å². The van der Waals surface area contributed by atoms with Crippen molar-refractivity contribution >= 4 is 21.6 Å². The Morgan fingerprint density at radius 1 is 1.07 bits per heavy atom. The van der Waals surface area contributed by atoms with Crippen LogP contribution in [0.25, 0.3) is 0 Å². The molecule has 0 saturated heterocycles. The number of anilines is 1. The van der Waals surface area contributed by atoms with Gasteiger partial charge in [0.2, 0.25) is 5.91 Å². The fourth-order valence-electron chi connectivity index (χ4n) is 2.92. The molecule has 0 radical (unpaired) electrons. The number of amides is 1. The third-order valence-electron chi connectivity index (χ3n) is 4.51. The van der Waals surface area contributed by atoms with Gasteiger partial charge in [-0.25, -0.2) is 12.8 Å². The summed E-state index contributed by atoms with van der Waals surface area (Å²) in [4.78, 5) is 12.2. The first-order valence-electron chi connectivity index (χ1n) is 9.51. The summed E-state index contributed by atoms with van der Waals surface area (Å²) in [5.74, 6) is 0.267. The molecular weight excluding hydrogens is 407 g/mol. The Balaban J connectivity index is 1.51. The largest absolute Gasteiger partial charge is 0.469 e. The van der Waals surface area contributed by atoms with Crippen LogP contribution in [-0.4, -0.2) is 20.4 Å². The van der Waals surface area contributed by atoms with Gasteiger partial charge in [-0.05, 0) is 67.4 Å². The summed E-state index contributed by atoms with van der Waals surface area (Å²) in [6.07, 6.45) is 3.33. The molecule has 8 heteroatoms. The minimum absolute atomic E-state index is 0.00407. The molecule has 0 bridgehead atoms. The number of benzene rings is 2. The van der Waals surface area contributed by atoms with Gasteiger partial charge in [-0.3, -0.25) is 9.52 Å². The molecule has 0 spiro atoms. The van der Waals surface area contributed by atoms with Gasteiger partial charge in [0.25, 0.3) is 10.0 Å². The average Bonchev–Trinajstić information content (AvgIpc) is 3.22. The van der Waals surface area contributed by atoms with Gasteiger partial charge in [-0.15, -0.1) is 0 Å². The Labute approximate surface area is 175 Å². The zero-order valence-corrected chi connectivity index (χ0v) is 17.3. The molecule has 0 aliphatic rings. The summed E-state index contributed by atoms with van der Waals surface area (Å²) in [5.41, 5.74) is 1.12. The normalized spacial score (nSPS) is 12.3. The lowest BCUT2D eigenvalue weighted by Gasteiger charge is -2.13. The van der Waals surface area contributed by atoms with Gasteiger partial charge in [0.05, 0.1) is 17.6 Å². The number of carbonyl (C=O) groups excluding carboxylic acids is 1. The molecule has 6 nitrogen and oxygen atoms in total. The first kappa shape index (κ1) is 21.6. The number of hydrogen-bond acceptors (Lipinski definition) is 4. The lowest BCUT2D eigenvalue weighted by Crippen LogP contribution is -2.34. The van der Waals surface area contributed by atoms with Crippen LogP contribution in [0.3, 0.4) is 0 Å². The molecule has 2 N–H and O–H groups in total. The van der Waals surface area contributed by atoms with E-state index >= 15 is 0 Å². The van der Waals surface area contributed by atoms with E-state index in [0.717, 1.165) is 36.3 Å². The highest BCUT2D eigenvalue weighted by molar-refractivity contribution is 7.92. The number of nitrogens with one attached hydrogen (secondary N) is 2. The number of aryl methyl sites for hydroxylation is 1. The van der Waals surface area contributed by atoms with E-state index in [0.29, 0.717) is 5.69 Å². The van der Waals surface area contributed by atoms with Gasteiger partial charge in [0.1, 0.15) is 11.6 Å². The SMILES string of the molecule is CC(CCc1ccco1)NC(=O)Cc1ccc(NS(=O)(=O)c2ccc(F)cc2)cc1. The second-order valence-electron chi connectivity index (χ2n) is 7.02. The van der Waals surface area contributed by atoms with Crippen LogP contribution in [-0.2, 0) is 27.7 Å². The van der Waals surface area contributed by atoms with Crippen LogP contribution in [0.2, 0.25) is 0 Å². The monoisotopic (exact) mass is 430 g/mol.